The van der Waals surface area contributed by atoms with Crippen LogP contribution in [0.15, 0.2) is 18.5 Å². The molecule has 0 radical (unpaired) electrons. The van der Waals surface area contributed by atoms with E-state index in [1.165, 1.54) is 12.1 Å². The van der Waals surface area contributed by atoms with E-state index in [0.29, 0.717) is 30.5 Å². The van der Waals surface area contributed by atoms with Gasteiger partial charge in [-0.3, -0.25) is 0 Å². The van der Waals surface area contributed by atoms with E-state index < -0.39 is 11.6 Å². The molecule has 1 aromatic carbocycles. The van der Waals surface area contributed by atoms with Gasteiger partial charge in [0, 0.05) is 18.4 Å². The third kappa shape index (κ3) is 2.22. The summed E-state index contributed by atoms with van der Waals surface area (Å²) < 4.78 is 30.0. The highest BCUT2D eigenvalue weighted by Crippen LogP contribution is 2.28. The summed E-state index contributed by atoms with van der Waals surface area (Å²) in [6.07, 6.45) is 1.63. The fourth-order valence-electron chi connectivity index (χ4n) is 2.25. The molecule has 0 aliphatic carbocycles. The van der Waals surface area contributed by atoms with Crippen molar-refractivity contribution in [1.29, 1.82) is 0 Å². The molecule has 2 heterocycles. The first-order valence-corrected chi connectivity index (χ1v) is 6.96. The van der Waals surface area contributed by atoms with Gasteiger partial charge in [-0.05, 0) is 17.7 Å². The summed E-state index contributed by atoms with van der Waals surface area (Å²) in [5, 5.41) is 8.17. The number of hydrogen-bond donors (Lipinski definition) is 0. The zero-order valence-electron chi connectivity index (χ0n) is 9.98. The highest BCUT2D eigenvalue weighted by Gasteiger charge is 2.23. The molecule has 1 aliphatic rings. The summed E-state index contributed by atoms with van der Waals surface area (Å²) in [6, 6.07) is 2.71. The minimum Gasteiger partial charge on any atom is -0.357 e. The molecule has 0 spiro atoms. The van der Waals surface area contributed by atoms with Gasteiger partial charge < -0.3 is 9.47 Å². The van der Waals surface area contributed by atoms with Crippen molar-refractivity contribution in [3.05, 3.63) is 41.5 Å². The predicted molar refractivity (Wildman–Crippen MR) is 70.1 cm³/mol. The van der Waals surface area contributed by atoms with Crippen LogP contribution in [0.5, 0.6) is 0 Å². The van der Waals surface area contributed by atoms with Crippen LogP contribution in [0.1, 0.15) is 11.4 Å². The highest BCUT2D eigenvalue weighted by atomic mass is 79.9. The Kier molecular flexibility index (Phi) is 3.22. The highest BCUT2D eigenvalue weighted by molar-refractivity contribution is 9.08. The second kappa shape index (κ2) is 4.88. The van der Waals surface area contributed by atoms with Crippen LogP contribution < -0.4 is 4.90 Å². The quantitative estimate of drug-likeness (QED) is 0.794. The number of hydrogen-bond acceptors (Lipinski definition) is 3. The maximum Gasteiger partial charge on any atom is 0.152 e. The fourth-order valence-corrected chi connectivity index (χ4v) is 2.58. The number of halogens is 3. The summed E-state index contributed by atoms with van der Waals surface area (Å²) >= 11 is 3.19. The molecule has 7 heteroatoms. The third-order valence-corrected chi connectivity index (χ3v) is 3.83. The first-order chi connectivity index (χ1) is 9.19. The molecular weight excluding hydrogens is 318 g/mol. The van der Waals surface area contributed by atoms with Crippen molar-refractivity contribution in [2.75, 3.05) is 11.4 Å². The van der Waals surface area contributed by atoms with Crippen molar-refractivity contribution in [3.63, 3.8) is 0 Å². The number of aromatic nitrogens is 3. The smallest absolute Gasteiger partial charge is 0.152 e. The Morgan fingerprint density at radius 2 is 1.95 bits per heavy atom. The Hall–Kier alpha value is -1.50. The molecule has 1 aromatic heterocycles. The second-order valence-electron chi connectivity index (χ2n) is 4.40. The maximum atomic E-state index is 14.0. The fraction of sp³-hybridized carbons (Fsp3) is 0.333. The van der Waals surface area contributed by atoms with Gasteiger partial charge in [-0.2, -0.15) is 0 Å². The van der Waals surface area contributed by atoms with Crippen LogP contribution in [0, 0.1) is 11.6 Å². The standard InChI is InChI=1S/C12H11BrF2N4/c13-5-8-3-9(14)12(10(15)4-8)18-1-2-19-7-16-17-11(19)6-18/h3-4,7H,1-2,5-6H2. The molecular formula is C12H11BrF2N4. The van der Waals surface area contributed by atoms with E-state index in [-0.39, 0.29) is 5.69 Å². The SMILES string of the molecule is Fc1cc(CBr)cc(F)c1N1CCn2cnnc2C1. The van der Waals surface area contributed by atoms with Crippen molar-refractivity contribution in [2.45, 2.75) is 18.4 Å². The van der Waals surface area contributed by atoms with Gasteiger partial charge in [0.2, 0.25) is 0 Å². The van der Waals surface area contributed by atoms with Crippen molar-refractivity contribution >= 4 is 21.6 Å². The van der Waals surface area contributed by atoms with Gasteiger partial charge in [-0.15, -0.1) is 10.2 Å². The number of anilines is 1. The zero-order chi connectivity index (χ0) is 13.4. The van der Waals surface area contributed by atoms with Gasteiger partial charge >= 0.3 is 0 Å². The normalized spacial score (nSPS) is 14.6. The first-order valence-electron chi connectivity index (χ1n) is 5.84. The lowest BCUT2D eigenvalue weighted by atomic mass is 10.1. The van der Waals surface area contributed by atoms with Gasteiger partial charge in [0.1, 0.15) is 23.6 Å². The lowest BCUT2D eigenvalue weighted by Gasteiger charge is -2.29. The van der Waals surface area contributed by atoms with Crippen molar-refractivity contribution in [3.8, 4) is 0 Å². The van der Waals surface area contributed by atoms with Crippen LogP contribution in [-0.2, 0) is 18.4 Å². The largest absolute Gasteiger partial charge is 0.357 e. The topological polar surface area (TPSA) is 34.0 Å². The van der Waals surface area contributed by atoms with Crippen LogP contribution in [0.4, 0.5) is 14.5 Å². The van der Waals surface area contributed by atoms with E-state index in [1.807, 2.05) is 4.57 Å². The Bertz CT molecular complexity index is 591. The zero-order valence-corrected chi connectivity index (χ0v) is 11.6. The van der Waals surface area contributed by atoms with E-state index in [4.69, 9.17) is 0 Å². The minimum absolute atomic E-state index is 0.0129. The van der Waals surface area contributed by atoms with E-state index in [9.17, 15) is 8.78 Å². The summed E-state index contributed by atoms with van der Waals surface area (Å²) in [5.41, 5.74) is 0.595. The molecule has 1 aliphatic heterocycles. The Morgan fingerprint density at radius 1 is 1.21 bits per heavy atom. The van der Waals surface area contributed by atoms with Crippen LogP contribution in [0.25, 0.3) is 0 Å². The number of nitrogens with zero attached hydrogens (tertiary/aromatic N) is 4. The number of fused-ring (bicyclic) bond motifs is 1. The molecule has 0 unspecified atom stereocenters. The van der Waals surface area contributed by atoms with Crippen molar-refractivity contribution in [1.82, 2.24) is 14.8 Å². The summed E-state index contributed by atoms with van der Waals surface area (Å²) in [4.78, 5) is 1.66. The number of benzene rings is 1. The molecule has 0 N–H and O–H groups in total. The average molecular weight is 329 g/mol. The molecule has 0 atom stereocenters. The Morgan fingerprint density at radius 3 is 2.63 bits per heavy atom. The molecule has 4 nitrogen and oxygen atoms in total. The number of rotatable bonds is 2. The minimum atomic E-state index is -0.539. The molecule has 2 aromatic rings. The Balaban J connectivity index is 1.96. The molecule has 0 saturated heterocycles. The molecule has 0 fully saturated rings. The molecule has 100 valence electrons. The van der Waals surface area contributed by atoms with E-state index in [1.54, 1.807) is 11.2 Å². The van der Waals surface area contributed by atoms with Crippen LogP contribution in [0.2, 0.25) is 0 Å². The number of alkyl halides is 1. The monoisotopic (exact) mass is 328 g/mol. The van der Waals surface area contributed by atoms with Crippen LogP contribution in [0.3, 0.4) is 0 Å². The maximum absolute atomic E-state index is 14.0. The lowest BCUT2D eigenvalue weighted by molar-refractivity contribution is 0.521. The molecule has 0 amide bonds. The summed E-state index contributed by atoms with van der Waals surface area (Å²) in [7, 11) is 0. The molecule has 19 heavy (non-hydrogen) atoms. The van der Waals surface area contributed by atoms with Crippen LogP contribution >= 0.6 is 15.9 Å². The lowest BCUT2D eigenvalue weighted by Crippen LogP contribution is -2.34. The van der Waals surface area contributed by atoms with Crippen molar-refractivity contribution in [2.24, 2.45) is 0 Å². The van der Waals surface area contributed by atoms with Gasteiger partial charge in [0.15, 0.2) is 5.82 Å². The first kappa shape index (κ1) is 12.5. The molecule has 3 rings (SSSR count). The van der Waals surface area contributed by atoms with Crippen molar-refractivity contribution < 1.29 is 8.78 Å². The van der Waals surface area contributed by atoms with E-state index in [0.717, 1.165) is 5.82 Å². The molecule has 0 bridgehead atoms. The van der Waals surface area contributed by atoms with Gasteiger partial charge in [-0.1, -0.05) is 15.9 Å². The van der Waals surface area contributed by atoms with Gasteiger partial charge in [0.25, 0.3) is 0 Å². The second-order valence-corrected chi connectivity index (χ2v) is 4.96. The van der Waals surface area contributed by atoms with E-state index >= 15 is 0 Å². The third-order valence-electron chi connectivity index (χ3n) is 3.19. The van der Waals surface area contributed by atoms with Crippen LogP contribution in [-0.4, -0.2) is 21.3 Å². The summed E-state index contributed by atoms with van der Waals surface area (Å²) in [5.74, 6) is -0.362. The Labute approximate surface area is 117 Å². The van der Waals surface area contributed by atoms with Gasteiger partial charge in [-0.25, -0.2) is 8.78 Å². The molecule has 0 saturated carbocycles. The summed E-state index contributed by atoms with van der Waals surface area (Å²) in [6.45, 7) is 1.52. The van der Waals surface area contributed by atoms with E-state index in [2.05, 4.69) is 26.1 Å². The average Bonchev–Trinajstić information content (AvgIpc) is 2.85. The van der Waals surface area contributed by atoms with Gasteiger partial charge in [0.05, 0.1) is 6.54 Å². The predicted octanol–water partition coefficient (Wildman–Crippen LogP) is 2.47.